The molecular formula is C19H27N3O5. The van der Waals surface area contributed by atoms with Gasteiger partial charge in [-0.05, 0) is 36.0 Å². The third-order valence-corrected chi connectivity index (χ3v) is 4.83. The van der Waals surface area contributed by atoms with E-state index < -0.39 is 17.6 Å². The number of carbonyl (C=O) groups excluding carboxylic acids is 2. The van der Waals surface area contributed by atoms with Gasteiger partial charge < -0.3 is 25.4 Å². The number of hydrogen-bond donors (Lipinski definition) is 3. The van der Waals surface area contributed by atoms with E-state index in [0.29, 0.717) is 5.69 Å². The predicted molar refractivity (Wildman–Crippen MR) is 101 cm³/mol. The number of carbonyl (C=O) groups is 3. The largest absolute Gasteiger partial charge is 0.467 e. The average molecular weight is 377 g/mol. The number of nitrogens with zero attached hydrogens (tertiary/aromatic N) is 1. The molecule has 8 nitrogen and oxygen atoms in total. The van der Waals surface area contributed by atoms with Crippen LogP contribution in [0.1, 0.15) is 39.2 Å². The number of ether oxygens (including phenoxy) is 1. The summed E-state index contributed by atoms with van der Waals surface area (Å²) in [6.45, 7) is 6.83. The molecule has 2 rings (SSSR count). The smallest absolute Gasteiger partial charge is 0.405 e. The van der Waals surface area contributed by atoms with E-state index in [1.807, 2.05) is 24.3 Å². The standard InChI is InChI=1S/C19H27N3O5/c1-18(2,3)13-5-7-14(8-6-13)20-16(24)22-11-9-19(10-12-22,15(23)27-4)21-17(25)26/h5-8,21H,9-12H2,1-4H3,(H,20,24)(H,25,26). The van der Waals surface area contributed by atoms with Gasteiger partial charge >= 0.3 is 18.1 Å². The molecule has 1 heterocycles. The van der Waals surface area contributed by atoms with Crippen LogP contribution in [0, 0.1) is 0 Å². The first kappa shape index (κ1) is 20.5. The molecule has 1 aliphatic rings. The van der Waals surface area contributed by atoms with Crippen molar-refractivity contribution in [2.24, 2.45) is 0 Å². The summed E-state index contributed by atoms with van der Waals surface area (Å²) in [6, 6.07) is 7.38. The van der Waals surface area contributed by atoms with Crippen LogP contribution in [0.2, 0.25) is 0 Å². The van der Waals surface area contributed by atoms with E-state index in [2.05, 4.69) is 31.4 Å². The minimum atomic E-state index is -1.31. The van der Waals surface area contributed by atoms with Crippen molar-refractivity contribution in [2.75, 3.05) is 25.5 Å². The van der Waals surface area contributed by atoms with Gasteiger partial charge in [-0.25, -0.2) is 14.4 Å². The van der Waals surface area contributed by atoms with Gasteiger partial charge in [0.2, 0.25) is 0 Å². The lowest BCUT2D eigenvalue weighted by molar-refractivity contribution is -0.150. The molecule has 1 aliphatic heterocycles. The fourth-order valence-electron chi connectivity index (χ4n) is 3.13. The fourth-order valence-corrected chi connectivity index (χ4v) is 3.13. The molecule has 0 spiro atoms. The minimum absolute atomic E-state index is 0.0315. The molecular weight excluding hydrogens is 350 g/mol. The summed E-state index contributed by atoms with van der Waals surface area (Å²) in [6.07, 6.45) is -0.984. The lowest BCUT2D eigenvalue weighted by Gasteiger charge is -2.39. The number of hydrogen-bond acceptors (Lipinski definition) is 4. The van der Waals surface area contributed by atoms with Crippen molar-refractivity contribution >= 4 is 23.8 Å². The summed E-state index contributed by atoms with van der Waals surface area (Å²) < 4.78 is 4.74. The van der Waals surface area contributed by atoms with Crippen LogP contribution in [-0.2, 0) is 14.9 Å². The number of likely N-dealkylation sites (tertiary alicyclic amines) is 1. The van der Waals surface area contributed by atoms with E-state index in [1.165, 1.54) is 12.7 Å². The molecule has 148 valence electrons. The first-order valence-corrected chi connectivity index (χ1v) is 8.83. The predicted octanol–water partition coefficient (Wildman–Crippen LogP) is 2.79. The van der Waals surface area contributed by atoms with Crippen molar-refractivity contribution in [1.82, 2.24) is 10.2 Å². The number of nitrogens with one attached hydrogen (secondary N) is 2. The average Bonchev–Trinajstić information content (AvgIpc) is 2.60. The maximum Gasteiger partial charge on any atom is 0.405 e. The molecule has 1 aromatic carbocycles. The van der Waals surface area contributed by atoms with Crippen LogP contribution in [0.4, 0.5) is 15.3 Å². The molecule has 1 fully saturated rings. The highest BCUT2D eigenvalue weighted by molar-refractivity contribution is 5.90. The molecule has 0 bridgehead atoms. The van der Waals surface area contributed by atoms with Gasteiger partial charge in [-0.2, -0.15) is 0 Å². The van der Waals surface area contributed by atoms with Crippen molar-refractivity contribution in [3.63, 3.8) is 0 Å². The first-order valence-electron chi connectivity index (χ1n) is 8.83. The number of benzene rings is 1. The van der Waals surface area contributed by atoms with Crippen LogP contribution < -0.4 is 10.6 Å². The van der Waals surface area contributed by atoms with E-state index in [-0.39, 0.29) is 37.4 Å². The third-order valence-electron chi connectivity index (χ3n) is 4.83. The van der Waals surface area contributed by atoms with Crippen LogP contribution in [0.3, 0.4) is 0 Å². The Hall–Kier alpha value is -2.77. The number of anilines is 1. The van der Waals surface area contributed by atoms with Crippen LogP contribution in [0.25, 0.3) is 0 Å². The van der Waals surface area contributed by atoms with Crippen LogP contribution in [0.15, 0.2) is 24.3 Å². The molecule has 3 N–H and O–H groups in total. The molecule has 1 aromatic rings. The lowest BCUT2D eigenvalue weighted by Crippen LogP contribution is -2.61. The van der Waals surface area contributed by atoms with Crippen molar-refractivity contribution < 1.29 is 24.2 Å². The lowest BCUT2D eigenvalue weighted by atomic mass is 9.87. The summed E-state index contributed by atoms with van der Waals surface area (Å²) in [4.78, 5) is 37.1. The summed E-state index contributed by atoms with van der Waals surface area (Å²) >= 11 is 0. The van der Waals surface area contributed by atoms with Crippen LogP contribution in [0.5, 0.6) is 0 Å². The van der Waals surface area contributed by atoms with Gasteiger partial charge in [0.25, 0.3) is 0 Å². The molecule has 0 saturated carbocycles. The second kappa shape index (κ2) is 7.85. The zero-order valence-corrected chi connectivity index (χ0v) is 16.2. The number of esters is 1. The van der Waals surface area contributed by atoms with Gasteiger partial charge in [0, 0.05) is 18.8 Å². The topological polar surface area (TPSA) is 108 Å². The van der Waals surface area contributed by atoms with Crippen molar-refractivity contribution in [3.8, 4) is 0 Å². The first-order chi connectivity index (χ1) is 12.6. The maximum atomic E-state index is 12.5. The molecule has 0 atom stereocenters. The molecule has 0 unspecified atom stereocenters. The summed E-state index contributed by atoms with van der Waals surface area (Å²) in [5.41, 5.74) is 0.567. The second-order valence-corrected chi connectivity index (χ2v) is 7.75. The molecule has 0 radical (unpaired) electrons. The minimum Gasteiger partial charge on any atom is -0.467 e. The van der Waals surface area contributed by atoms with E-state index >= 15 is 0 Å². The van der Waals surface area contributed by atoms with Gasteiger partial charge in [0.1, 0.15) is 5.54 Å². The summed E-state index contributed by atoms with van der Waals surface area (Å²) in [5, 5.41) is 14.1. The number of carboxylic acid groups (broad SMARTS) is 1. The number of urea groups is 1. The Morgan fingerprint density at radius 2 is 1.67 bits per heavy atom. The maximum absolute atomic E-state index is 12.5. The number of methoxy groups -OCH3 is 1. The zero-order valence-electron chi connectivity index (χ0n) is 16.2. The Balaban J connectivity index is 1.99. The van der Waals surface area contributed by atoms with Gasteiger partial charge in [0.05, 0.1) is 7.11 Å². The highest BCUT2D eigenvalue weighted by atomic mass is 16.5. The van der Waals surface area contributed by atoms with Crippen LogP contribution >= 0.6 is 0 Å². The molecule has 3 amide bonds. The SMILES string of the molecule is COC(=O)C1(NC(=O)O)CCN(C(=O)Nc2ccc(C(C)(C)C)cc2)CC1. The van der Waals surface area contributed by atoms with Gasteiger partial charge in [-0.15, -0.1) is 0 Å². The Labute approximate surface area is 158 Å². The van der Waals surface area contributed by atoms with Crippen molar-refractivity contribution in [2.45, 2.75) is 44.6 Å². The van der Waals surface area contributed by atoms with Gasteiger partial charge in [-0.1, -0.05) is 32.9 Å². The van der Waals surface area contributed by atoms with E-state index in [9.17, 15) is 14.4 Å². The molecule has 0 aromatic heterocycles. The Bertz CT molecular complexity index is 701. The van der Waals surface area contributed by atoms with Crippen molar-refractivity contribution in [3.05, 3.63) is 29.8 Å². The molecule has 27 heavy (non-hydrogen) atoms. The Morgan fingerprint density at radius 3 is 2.11 bits per heavy atom. The van der Waals surface area contributed by atoms with E-state index in [4.69, 9.17) is 9.84 Å². The number of rotatable bonds is 3. The highest BCUT2D eigenvalue weighted by Crippen LogP contribution is 2.26. The zero-order chi connectivity index (χ0) is 20.2. The fraction of sp³-hybridized carbons (Fsp3) is 0.526. The second-order valence-electron chi connectivity index (χ2n) is 7.75. The number of piperidine rings is 1. The summed E-state index contributed by atoms with van der Waals surface area (Å²) in [7, 11) is 1.22. The third kappa shape index (κ3) is 4.90. The van der Waals surface area contributed by atoms with Crippen LogP contribution in [-0.4, -0.2) is 53.8 Å². The van der Waals surface area contributed by atoms with E-state index in [0.717, 1.165) is 0 Å². The number of amides is 3. The Morgan fingerprint density at radius 1 is 1.11 bits per heavy atom. The van der Waals surface area contributed by atoms with Gasteiger partial charge in [0.15, 0.2) is 0 Å². The Kier molecular flexibility index (Phi) is 5.98. The molecule has 8 heteroatoms. The molecule has 1 saturated heterocycles. The summed E-state index contributed by atoms with van der Waals surface area (Å²) in [5.74, 6) is -0.636. The highest BCUT2D eigenvalue weighted by Gasteiger charge is 2.44. The van der Waals surface area contributed by atoms with Gasteiger partial charge in [-0.3, -0.25) is 0 Å². The monoisotopic (exact) mass is 377 g/mol. The van der Waals surface area contributed by atoms with Crippen molar-refractivity contribution in [1.29, 1.82) is 0 Å². The normalized spacial score (nSPS) is 16.4. The quantitative estimate of drug-likeness (QED) is 0.702. The van der Waals surface area contributed by atoms with E-state index in [1.54, 1.807) is 4.90 Å². The molecule has 0 aliphatic carbocycles.